The molecule has 1 N–H and O–H groups in total. The lowest BCUT2D eigenvalue weighted by molar-refractivity contribution is 0.201. The quantitative estimate of drug-likeness (QED) is 0.328. The Morgan fingerprint density at radius 3 is 2.18 bits per heavy atom. The molecule has 7 heteroatoms. The van der Waals surface area contributed by atoms with Crippen molar-refractivity contribution in [2.45, 2.75) is 73.7 Å². The molecule has 0 saturated heterocycles. The molecule has 34 heavy (non-hydrogen) atoms. The second-order valence-corrected chi connectivity index (χ2v) is 11.2. The smallest absolute Gasteiger partial charge is 0.160 e. The van der Waals surface area contributed by atoms with Crippen LogP contribution in [0.5, 0.6) is 5.75 Å². The van der Waals surface area contributed by atoms with Crippen molar-refractivity contribution in [3.63, 3.8) is 0 Å². The molecule has 0 saturated carbocycles. The van der Waals surface area contributed by atoms with Crippen LogP contribution in [0.25, 0.3) is 0 Å². The van der Waals surface area contributed by atoms with E-state index in [0.29, 0.717) is 16.0 Å². The van der Waals surface area contributed by atoms with E-state index in [1.165, 1.54) is 12.0 Å². The fourth-order valence-corrected chi connectivity index (χ4v) is 6.40. The largest absolute Gasteiger partial charge is 0.506 e. The number of phenols is 1. The highest BCUT2D eigenvalue weighted by Gasteiger charge is 2.48. The fourth-order valence-electron chi connectivity index (χ4n) is 4.66. The van der Waals surface area contributed by atoms with E-state index in [-0.39, 0.29) is 46.8 Å². The highest BCUT2D eigenvalue weighted by molar-refractivity contribution is 7.95. The van der Waals surface area contributed by atoms with Crippen LogP contribution in [-0.2, 0) is 9.78 Å². The average Bonchev–Trinajstić information content (AvgIpc) is 3.19. The van der Waals surface area contributed by atoms with E-state index in [0.717, 1.165) is 32.7 Å². The summed E-state index contributed by atoms with van der Waals surface area (Å²) in [4.78, 5) is 1.69. The third-order valence-corrected chi connectivity index (χ3v) is 8.76. The predicted octanol–water partition coefficient (Wildman–Crippen LogP) is 9.54. The second kappa shape index (κ2) is 9.76. The number of hydrogen-bond acceptors (Lipinski definition) is 5. The first-order chi connectivity index (χ1) is 16.2. The van der Waals surface area contributed by atoms with Crippen molar-refractivity contribution < 1.29 is 17.1 Å². The number of phenolic OH excluding ortho intramolecular Hbond substituents is 1. The molecular weight excluding hydrogens is 490 g/mol. The minimum absolute atomic E-state index is 0.0355. The van der Waals surface area contributed by atoms with E-state index in [4.69, 9.17) is 4.18 Å². The third-order valence-electron chi connectivity index (χ3n) is 6.65. The van der Waals surface area contributed by atoms with Crippen LogP contribution in [0.15, 0.2) is 57.2 Å². The zero-order valence-electron chi connectivity index (χ0n) is 20.0. The van der Waals surface area contributed by atoms with Gasteiger partial charge in [-0.05, 0) is 77.3 Å². The molecule has 2 nitrogen and oxygen atoms in total. The summed E-state index contributed by atoms with van der Waals surface area (Å²) in [5, 5.41) is 10.9. The maximum Gasteiger partial charge on any atom is 0.160 e. The van der Waals surface area contributed by atoms with Crippen LogP contribution in [-0.4, -0.2) is 5.11 Å². The Morgan fingerprint density at radius 2 is 1.56 bits per heavy atom. The maximum atomic E-state index is 14.2. The van der Waals surface area contributed by atoms with Crippen LogP contribution in [0.3, 0.4) is 0 Å². The minimum atomic E-state index is -1.09. The number of fused-ring (bicyclic) bond motifs is 1. The van der Waals surface area contributed by atoms with Gasteiger partial charge >= 0.3 is 0 Å². The third kappa shape index (κ3) is 3.94. The van der Waals surface area contributed by atoms with Crippen LogP contribution < -0.4 is 0 Å². The average molecular weight is 519 g/mol. The topological polar surface area (TPSA) is 29.5 Å². The van der Waals surface area contributed by atoms with E-state index in [2.05, 4.69) is 19.9 Å². The molecule has 0 aromatic heterocycles. The summed E-state index contributed by atoms with van der Waals surface area (Å²) in [7, 11) is 0. The van der Waals surface area contributed by atoms with E-state index >= 15 is 0 Å². The lowest BCUT2D eigenvalue weighted by atomic mass is 9.75. The van der Waals surface area contributed by atoms with E-state index in [9.17, 15) is 12.9 Å². The number of aromatic hydroxyl groups is 1. The molecule has 0 radical (unpaired) electrons. The van der Waals surface area contributed by atoms with Gasteiger partial charge in [0.05, 0.1) is 29.2 Å². The van der Waals surface area contributed by atoms with Crippen molar-refractivity contribution in [1.82, 2.24) is 0 Å². The van der Waals surface area contributed by atoms with Gasteiger partial charge < -0.3 is 5.11 Å². The summed E-state index contributed by atoms with van der Waals surface area (Å²) in [6, 6.07) is 13.8. The van der Waals surface area contributed by atoms with Gasteiger partial charge in [-0.2, -0.15) is 7.77 Å². The minimum Gasteiger partial charge on any atom is -0.506 e. The molecule has 1 atom stereocenters. The molecule has 1 unspecified atom stereocenters. The molecule has 0 amide bonds. The molecule has 4 rings (SSSR count). The summed E-state index contributed by atoms with van der Waals surface area (Å²) in [5.74, 6) is 0.104. The Labute approximate surface area is 213 Å². The lowest BCUT2D eigenvalue weighted by Crippen LogP contribution is -2.31. The molecule has 3 aromatic carbocycles. The maximum absolute atomic E-state index is 14.2. The van der Waals surface area contributed by atoms with E-state index < -0.39 is 5.60 Å². The summed E-state index contributed by atoms with van der Waals surface area (Å²) >= 11 is 1.55. The monoisotopic (exact) mass is 518 g/mol. The van der Waals surface area contributed by atoms with Crippen molar-refractivity contribution in [2.24, 2.45) is 0 Å². The van der Waals surface area contributed by atoms with Crippen molar-refractivity contribution >= 4 is 36.3 Å². The van der Waals surface area contributed by atoms with Crippen LogP contribution in [0.2, 0.25) is 0 Å². The molecule has 3 aromatic rings. The fraction of sp³-hybridized carbons (Fsp3) is 0.333. The number of benzene rings is 3. The van der Waals surface area contributed by atoms with Crippen molar-refractivity contribution in [1.29, 1.82) is 0 Å². The lowest BCUT2D eigenvalue weighted by Gasteiger charge is -2.35. The van der Waals surface area contributed by atoms with Gasteiger partial charge in [-0.15, -0.1) is 0 Å². The van der Waals surface area contributed by atoms with Gasteiger partial charge in [0.25, 0.3) is 0 Å². The van der Waals surface area contributed by atoms with Crippen molar-refractivity contribution in [3.05, 3.63) is 81.4 Å². The van der Waals surface area contributed by atoms with Gasteiger partial charge in [-0.25, -0.2) is 0 Å². The molecule has 1 aliphatic heterocycles. The zero-order chi connectivity index (χ0) is 24.8. The number of hydrogen-bond donors (Lipinski definition) is 1. The van der Waals surface area contributed by atoms with Crippen molar-refractivity contribution in [2.75, 3.05) is 0 Å². The van der Waals surface area contributed by atoms with Gasteiger partial charge in [0.1, 0.15) is 5.75 Å². The van der Waals surface area contributed by atoms with Gasteiger partial charge in [-0.3, -0.25) is 4.18 Å². The first-order valence-electron chi connectivity index (χ1n) is 11.2. The van der Waals surface area contributed by atoms with Crippen molar-refractivity contribution in [3.8, 4) is 5.75 Å². The Hall–Kier alpha value is -1.67. The second-order valence-electron chi connectivity index (χ2n) is 9.32. The van der Waals surface area contributed by atoms with Crippen LogP contribution >= 0.6 is 36.3 Å². The molecule has 0 spiro atoms. The first kappa shape index (κ1) is 25.4. The van der Waals surface area contributed by atoms with Crippen LogP contribution in [0.4, 0.5) is 7.77 Å². The molecule has 180 valence electrons. The Morgan fingerprint density at radius 1 is 0.882 bits per heavy atom. The Bertz CT molecular complexity index is 1240. The molecule has 0 bridgehead atoms. The van der Waals surface area contributed by atoms with Crippen LogP contribution in [0, 0.1) is 13.8 Å². The summed E-state index contributed by atoms with van der Waals surface area (Å²) in [5.41, 5.74) is 4.46. The molecule has 0 fully saturated rings. The SMILES string of the molecule is Cc1c(SF)cc(C(C)C)cc1C1(c2cc(C(C)C)c(O)c(SF)c2C)OSc2ccccc21. The first-order valence-corrected chi connectivity index (χ1v) is 13.4. The highest BCUT2D eigenvalue weighted by atomic mass is 32.2. The highest BCUT2D eigenvalue weighted by Crippen LogP contribution is 2.57. The summed E-state index contributed by atoms with van der Waals surface area (Å²) in [6.45, 7) is 11.8. The summed E-state index contributed by atoms with van der Waals surface area (Å²) in [6.07, 6.45) is 0. The Balaban J connectivity index is 2.18. The number of rotatable bonds is 6. The van der Waals surface area contributed by atoms with Gasteiger partial charge in [0.15, 0.2) is 5.60 Å². The predicted molar refractivity (Wildman–Crippen MR) is 139 cm³/mol. The van der Waals surface area contributed by atoms with Gasteiger partial charge in [-0.1, -0.05) is 52.0 Å². The Kier molecular flexibility index (Phi) is 7.30. The zero-order valence-corrected chi connectivity index (χ0v) is 22.5. The normalized spacial score (nSPS) is 17.6. The van der Waals surface area contributed by atoms with Gasteiger partial charge in [0, 0.05) is 27.4 Å². The van der Waals surface area contributed by atoms with Gasteiger partial charge in [0.2, 0.25) is 0 Å². The summed E-state index contributed by atoms with van der Waals surface area (Å²) < 4.78 is 35.0. The van der Waals surface area contributed by atoms with E-state index in [1.54, 1.807) is 0 Å². The van der Waals surface area contributed by atoms with Crippen LogP contribution in [0.1, 0.15) is 78.5 Å². The van der Waals surface area contributed by atoms with E-state index in [1.807, 2.05) is 64.1 Å². The molecule has 1 heterocycles. The molecule has 0 aliphatic carbocycles. The molecular formula is C27H28F2O2S3. The molecule has 1 aliphatic rings. The standard InChI is InChI=1S/C27H28F2O2S3/c1-14(2)18-11-21(16(5)24(12-18)32-28)27(20-9-7-8-10-23(20)34-31-27)22-13-19(15(3)4)25(30)26(33-29)17(22)6/h7-15,30H,1-6H3. The number of halogens is 2.